The third-order valence-corrected chi connectivity index (χ3v) is 3.44. The molecule has 1 aromatic carbocycles. The summed E-state index contributed by atoms with van der Waals surface area (Å²) >= 11 is 4.58. The minimum absolute atomic E-state index is 0.0232. The molecule has 0 saturated carbocycles. The van der Waals surface area contributed by atoms with Crippen molar-refractivity contribution in [1.82, 2.24) is 10.2 Å². The highest BCUT2D eigenvalue weighted by Crippen LogP contribution is 2.31. The highest BCUT2D eigenvalue weighted by molar-refractivity contribution is 9.10. The van der Waals surface area contributed by atoms with Crippen molar-refractivity contribution < 1.29 is 9.62 Å². The Kier molecular flexibility index (Phi) is 3.87. The zero-order chi connectivity index (χ0) is 13.1. The molecule has 0 fully saturated rings. The molecule has 0 radical (unpaired) electrons. The summed E-state index contributed by atoms with van der Waals surface area (Å²) in [6.45, 7) is 1.71. The molecule has 6 nitrogen and oxygen atoms in total. The van der Waals surface area contributed by atoms with Crippen LogP contribution in [0.1, 0.15) is 11.5 Å². The summed E-state index contributed by atoms with van der Waals surface area (Å²) in [6, 6.07) is 5.42. The largest absolute Gasteiger partial charge is 0.416 e. The van der Waals surface area contributed by atoms with Gasteiger partial charge in [0.05, 0.1) is 0 Å². The molecule has 0 amide bonds. The summed E-state index contributed by atoms with van der Waals surface area (Å²) in [5, 5.41) is 19.8. The first kappa shape index (κ1) is 12.9. The Morgan fingerprint density at radius 2 is 2.28 bits per heavy atom. The normalized spacial score (nSPS) is 11.8. The van der Waals surface area contributed by atoms with E-state index in [4.69, 9.17) is 15.4 Å². The molecular formula is C10H9BrN4O2S. The number of oxime groups is 1. The van der Waals surface area contributed by atoms with Crippen molar-refractivity contribution in [2.45, 2.75) is 17.0 Å². The number of nitrogens with zero attached hydrogens (tertiary/aromatic N) is 3. The van der Waals surface area contributed by atoms with Crippen LogP contribution in [0.5, 0.6) is 0 Å². The van der Waals surface area contributed by atoms with Crippen LogP contribution in [0.25, 0.3) is 0 Å². The minimum Gasteiger partial charge on any atom is -0.416 e. The quantitative estimate of drug-likeness (QED) is 0.388. The van der Waals surface area contributed by atoms with Gasteiger partial charge in [-0.3, -0.25) is 0 Å². The van der Waals surface area contributed by atoms with E-state index in [0.29, 0.717) is 16.7 Å². The van der Waals surface area contributed by atoms with Crippen molar-refractivity contribution in [1.29, 1.82) is 0 Å². The van der Waals surface area contributed by atoms with E-state index < -0.39 is 0 Å². The summed E-state index contributed by atoms with van der Waals surface area (Å²) < 4.78 is 6.10. The van der Waals surface area contributed by atoms with Crippen molar-refractivity contribution in [2.24, 2.45) is 10.9 Å². The number of rotatable bonds is 3. The molecule has 2 aromatic rings. The van der Waals surface area contributed by atoms with Gasteiger partial charge in [-0.25, -0.2) is 0 Å². The number of benzene rings is 1. The van der Waals surface area contributed by atoms with Crippen molar-refractivity contribution in [3.8, 4) is 0 Å². The molecule has 3 N–H and O–H groups in total. The molecule has 0 aliphatic heterocycles. The molecule has 0 bridgehead atoms. The number of aromatic nitrogens is 2. The number of nitrogens with two attached hydrogens (primary N) is 1. The summed E-state index contributed by atoms with van der Waals surface area (Å²) in [7, 11) is 0. The van der Waals surface area contributed by atoms with Crippen molar-refractivity contribution in [3.63, 3.8) is 0 Å². The molecule has 0 spiro atoms. The van der Waals surface area contributed by atoms with Crippen molar-refractivity contribution in [3.05, 3.63) is 34.1 Å². The van der Waals surface area contributed by atoms with Crippen molar-refractivity contribution in [2.75, 3.05) is 0 Å². The van der Waals surface area contributed by atoms with Gasteiger partial charge in [0.1, 0.15) is 0 Å². The first-order chi connectivity index (χ1) is 8.60. The Morgan fingerprint density at radius 1 is 1.50 bits per heavy atom. The summed E-state index contributed by atoms with van der Waals surface area (Å²) in [4.78, 5) is 0.761. The van der Waals surface area contributed by atoms with E-state index in [0.717, 1.165) is 9.37 Å². The van der Waals surface area contributed by atoms with Crippen molar-refractivity contribution >= 4 is 33.5 Å². The van der Waals surface area contributed by atoms with Crippen LogP contribution in [0, 0.1) is 6.92 Å². The highest BCUT2D eigenvalue weighted by atomic mass is 79.9. The van der Waals surface area contributed by atoms with Gasteiger partial charge < -0.3 is 15.4 Å². The third-order valence-electron chi connectivity index (χ3n) is 2.03. The third kappa shape index (κ3) is 2.82. The average molecular weight is 329 g/mol. The first-order valence-electron chi connectivity index (χ1n) is 4.85. The van der Waals surface area contributed by atoms with Gasteiger partial charge in [0.15, 0.2) is 5.84 Å². The zero-order valence-electron chi connectivity index (χ0n) is 9.29. The van der Waals surface area contributed by atoms with E-state index in [9.17, 15) is 0 Å². The SMILES string of the molecule is Cc1nnc(Sc2ccc(Br)cc2/C(N)=N/O)o1. The smallest absolute Gasteiger partial charge is 0.281 e. The topological polar surface area (TPSA) is 97.5 Å². The Balaban J connectivity index is 2.38. The van der Waals surface area contributed by atoms with Crippen LogP contribution in [-0.4, -0.2) is 21.2 Å². The molecule has 18 heavy (non-hydrogen) atoms. The average Bonchev–Trinajstić information content (AvgIpc) is 2.76. The van der Waals surface area contributed by atoms with Crippen LogP contribution in [0.15, 0.2) is 42.4 Å². The predicted octanol–water partition coefficient (Wildman–Crippen LogP) is 2.39. The molecule has 0 aliphatic carbocycles. The first-order valence-corrected chi connectivity index (χ1v) is 6.46. The van der Waals surface area contributed by atoms with Crippen LogP contribution < -0.4 is 5.73 Å². The maximum Gasteiger partial charge on any atom is 0.281 e. The molecular weight excluding hydrogens is 320 g/mol. The number of amidine groups is 1. The van der Waals surface area contributed by atoms with E-state index in [-0.39, 0.29) is 5.84 Å². The fourth-order valence-corrected chi connectivity index (χ4v) is 2.46. The summed E-state index contributed by atoms with van der Waals surface area (Å²) in [6.07, 6.45) is 0. The second kappa shape index (κ2) is 5.40. The van der Waals surface area contributed by atoms with E-state index in [1.807, 2.05) is 12.1 Å². The zero-order valence-corrected chi connectivity index (χ0v) is 11.7. The number of aryl methyl sites for hydroxylation is 1. The summed E-state index contributed by atoms with van der Waals surface area (Å²) in [5.41, 5.74) is 6.21. The monoisotopic (exact) mass is 328 g/mol. The van der Waals surface area contributed by atoms with Gasteiger partial charge in [-0.15, -0.1) is 10.2 Å². The molecule has 94 valence electrons. The molecule has 1 heterocycles. The van der Waals surface area contributed by atoms with Gasteiger partial charge in [0, 0.05) is 21.9 Å². The summed E-state index contributed by atoms with van der Waals surface area (Å²) in [5.74, 6) is 0.509. The number of hydrogen-bond acceptors (Lipinski definition) is 6. The van der Waals surface area contributed by atoms with Gasteiger partial charge in [-0.2, -0.15) is 0 Å². The predicted molar refractivity (Wildman–Crippen MR) is 69.8 cm³/mol. The van der Waals surface area contributed by atoms with Crippen LogP contribution in [-0.2, 0) is 0 Å². The van der Waals surface area contributed by atoms with Gasteiger partial charge in [-0.05, 0) is 30.0 Å². The Bertz CT molecular complexity index is 599. The maximum atomic E-state index is 8.76. The molecule has 8 heteroatoms. The second-order valence-electron chi connectivity index (χ2n) is 3.31. The Morgan fingerprint density at radius 3 is 2.89 bits per heavy atom. The lowest BCUT2D eigenvalue weighted by molar-refractivity contribution is 0.318. The van der Waals surface area contributed by atoms with E-state index >= 15 is 0 Å². The lowest BCUT2D eigenvalue weighted by Crippen LogP contribution is -2.14. The fraction of sp³-hybridized carbons (Fsp3) is 0.100. The molecule has 0 unspecified atom stereocenters. The Hall–Kier alpha value is -1.54. The van der Waals surface area contributed by atoms with E-state index in [2.05, 4.69) is 31.3 Å². The Labute approximate surface area is 115 Å². The molecule has 0 saturated heterocycles. The second-order valence-corrected chi connectivity index (χ2v) is 5.22. The van der Waals surface area contributed by atoms with Gasteiger partial charge >= 0.3 is 0 Å². The minimum atomic E-state index is 0.0232. The van der Waals surface area contributed by atoms with Gasteiger partial charge in [0.25, 0.3) is 5.22 Å². The molecule has 0 atom stereocenters. The van der Waals surface area contributed by atoms with Crippen LogP contribution in [0.3, 0.4) is 0 Å². The number of halogens is 1. The van der Waals surface area contributed by atoms with E-state index in [1.54, 1.807) is 13.0 Å². The van der Waals surface area contributed by atoms with Crippen LogP contribution >= 0.6 is 27.7 Å². The standard InChI is InChI=1S/C10H9BrN4O2S/c1-5-13-14-10(17-5)18-8-3-2-6(11)4-7(8)9(12)15-16/h2-4,16H,1H3,(H2,12,15). The van der Waals surface area contributed by atoms with Gasteiger partial charge in [-0.1, -0.05) is 21.1 Å². The maximum absolute atomic E-state index is 8.76. The number of hydrogen-bond donors (Lipinski definition) is 2. The lowest BCUT2D eigenvalue weighted by Gasteiger charge is -2.06. The molecule has 1 aromatic heterocycles. The highest BCUT2D eigenvalue weighted by Gasteiger charge is 2.12. The molecule has 0 aliphatic rings. The van der Waals surface area contributed by atoms with E-state index in [1.165, 1.54) is 11.8 Å². The van der Waals surface area contributed by atoms with Crippen LogP contribution in [0.4, 0.5) is 0 Å². The van der Waals surface area contributed by atoms with Crippen LogP contribution in [0.2, 0.25) is 0 Å². The molecule has 2 rings (SSSR count). The lowest BCUT2D eigenvalue weighted by atomic mass is 10.2. The fourth-order valence-electron chi connectivity index (χ4n) is 1.26. The van der Waals surface area contributed by atoms with Gasteiger partial charge in [0.2, 0.25) is 5.89 Å².